The highest BCUT2D eigenvalue weighted by molar-refractivity contribution is 6.00. The summed E-state index contributed by atoms with van der Waals surface area (Å²) in [7, 11) is 1.62. The van der Waals surface area contributed by atoms with Gasteiger partial charge in [0.05, 0.1) is 19.1 Å². The Hall–Kier alpha value is -1.51. The van der Waals surface area contributed by atoms with Crippen LogP contribution in [0.15, 0.2) is 18.2 Å². The summed E-state index contributed by atoms with van der Waals surface area (Å²) in [5.74, 6) is 2.38. The van der Waals surface area contributed by atoms with Gasteiger partial charge in [0.15, 0.2) is 5.78 Å². The third-order valence-electron chi connectivity index (χ3n) is 4.72. The average molecular weight is 274 g/mol. The highest BCUT2D eigenvalue weighted by atomic mass is 16.5. The average Bonchev–Trinajstić information content (AvgIpc) is 2.61. The molecule has 0 N–H and O–H groups in total. The molecule has 20 heavy (non-hydrogen) atoms. The van der Waals surface area contributed by atoms with E-state index in [9.17, 15) is 4.79 Å². The maximum atomic E-state index is 12.5. The summed E-state index contributed by atoms with van der Waals surface area (Å²) in [5, 5.41) is 0. The molecular formula is C17H22O3. The summed E-state index contributed by atoms with van der Waals surface area (Å²) in [6.45, 7) is 2.29. The molecule has 1 aliphatic heterocycles. The van der Waals surface area contributed by atoms with Crippen molar-refractivity contribution < 1.29 is 14.3 Å². The zero-order chi connectivity index (χ0) is 14.2. The van der Waals surface area contributed by atoms with Crippen molar-refractivity contribution in [3.05, 3.63) is 23.8 Å². The number of benzene rings is 1. The van der Waals surface area contributed by atoms with Crippen molar-refractivity contribution in [3.63, 3.8) is 0 Å². The Balaban J connectivity index is 1.90. The number of ether oxygens (including phenoxy) is 2. The minimum absolute atomic E-state index is 0.194. The summed E-state index contributed by atoms with van der Waals surface area (Å²) >= 11 is 0. The lowest BCUT2D eigenvalue weighted by molar-refractivity contribution is 0.0290. The second-order valence-electron chi connectivity index (χ2n) is 6.28. The number of hydrogen-bond donors (Lipinski definition) is 0. The number of fused-ring (bicyclic) bond motifs is 1. The van der Waals surface area contributed by atoms with E-state index >= 15 is 0 Å². The molecule has 108 valence electrons. The van der Waals surface area contributed by atoms with Crippen LogP contribution in [-0.2, 0) is 0 Å². The maximum Gasteiger partial charge on any atom is 0.170 e. The van der Waals surface area contributed by atoms with Crippen LogP contribution in [-0.4, -0.2) is 18.5 Å². The zero-order valence-corrected chi connectivity index (χ0v) is 12.3. The first-order chi connectivity index (χ1) is 9.62. The molecule has 3 heteroatoms. The Morgan fingerprint density at radius 2 is 2.15 bits per heavy atom. The van der Waals surface area contributed by atoms with Gasteiger partial charge in [0, 0.05) is 0 Å². The van der Waals surface area contributed by atoms with Gasteiger partial charge in [0.25, 0.3) is 0 Å². The lowest BCUT2D eigenvalue weighted by Crippen LogP contribution is -2.41. The van der Waals surface area contributed by atoms with Gasteiger partial charge in [-0.2, -0.15) is 0 Å². The van der Waals surface area contributed by atoms with E-state index in [1.165, 1.54) is 6.42 Å². The molecule has 2 unspecified atom stereocenters. The van der Waals surface area contributed by atoms with Gasteiger partial charge >= 0.3 is 0 Å². The smallest absolute Gasteiger partial charge is 0.170 e. The standard InChI is InChI=1S/C17H22O3/c1-12-4-3-8-17(9-7-12)11-15(18)14-10-13(19-2)5-6-16(14)20-17/h5-6,10,12H,3-4,7-9,11H2,1-2H3. The number of methoxy groups -OCH3 is 1. The second kappa shape index (κ2) is 5.12. The predicted octanol–water partition coefficient (Wildman–Crippen LogP) is 4.00. The molecule has 2 atom stereocenters. The summed E-state index contributed by atoms with van der Waals surface area (Å²) in [5.41, 5.74) is 0.413. The lowest BCUT2D eigenvalue weighted by atomic mass is 9.84. The quantitative estimate of drug-likeness (QED) is 0.776. The van der Waals surface area contributed by atoms with Crippen LogP contribution in [0.1, 0.15) is 55.8 Å². The topological polar surface area (TPSA) is 35.5 Å². The fourth-order valence-corrected chi connectivity index (χ4v) is 3.43. The van der Waals surface area contributed by atoms with Crippen LogP contribution in [0.5, 0.6) is 11.5 Å². The summed E-state index contributed by atoms with van der Waals surface area (Å²) in [6, 6.07) is 5.54. The maximum absolute atomic E-state index is 12.5. The van der Waals surface area contributed by atoms with Crippen molar-refractivity contribution in [2.45, 2.75) is 51.0 Å². The molecule has 0 bridgehead atoms. The molecule has 1 aromatic rings. The van der Waals surface area contributed by atoms with Gasteiger partial charge in [0.1, 0.15) is 17.1 Å². The molecule has 1 heterocycles. The minimum Gasteiger partial charge on any atom is -0.497 e. The molecule has 1 aromatic carbocycles. The number of carbonyl (C=O) groups excluding carboxylic acids is 1. The lowest BCUT2D eigenvalue weighted by Gasteiger charge is -2.37. The molecule has 1 spiro atoms. The van der Waals surface area contributed by atoms with Crippen molar-refractivity contribution >= 4 is 5.78 Å². The molecule has 1 saturated carbocycles. The number of Topliss-reactive ketones (excluding diaryl/α,β-unsaturated/α-hetero) is 1. The van der Waals surface area contributed by atoms with Crippen molar-refractivity contribution in [1.29, 1.82) is 0 Å². The van der Waals surface area contributed by atoms with E-state index in [2.05, 4.69) is 6.92 Å². The van der Waals surface area contributed by atoms with E-state index in [1.807, 2.05) is 12.1 Å². The molecule has 1 aliphatic carbocycles. The molecule has 0 saturated heterocycles. The molecule has 0 radical (unpaired) electrons. The van der Waals surface area contributed by atoms with Crippen molar-refractivity contribution in [2.75, 3.05) is 7.11 Å². The van der Waals surface area contributed by atoms with Gasteiger partial charge < -0.3 is 9.47 Å². The van der Waals surface area contributed by atoms with E-state index in [1.54, 1.807) is 13.2 Å². The van der Waals surface area contributed by atoms with Crippen molar-refractivity contribution in [1.82, 2.24) is 0 Å². The van der Waals surface area contributed by atoms with Gasteiger partial charge in [0.2, 0.25) is 0 Å². The van der Waals surface area contributed by atoms with E-state index in [4.69, 9.17) is 9.47 Å². The third kappa shape index (κ3) is 2.41. The van der Waals surface area contributed by atoms with Crippen LogP contribution in [0, 0.1) is 5.92 Å². The zero-order valence-electron chi connectivity index (χ0n) is 12.3. The van der Waals surface area contributed by atoms with Gasteiger partial charge in [-0.05, 0) is 49.8 Å². The van der Waals surface area contributed by atoms with Crippen molar-refractivity contribution in [2.24, 2.45) is 5.92 Å². The Kier molecular flexibility index (Phi) is 3.45. The molecule has 3 rings (SSSR count). The molecule has 2 aliphatic rings. The Morgan fingerprint density at radius 3 is 2.95 bits per heavy atom. The van der Waals surface area contributed by atoms with Crippen LogP contribution in [0.25, 0.3) is 0 Å². The Bertz CT molecular complexity index is 523. The Labute approximate surface area is 120 Å². The number of carbonyl (C=O) groups is 1. The first kappa shape index (κ1) is 13.5. The SMILES string of the molecule is COc1ccc2c(c1)C(=O)CC1(CCCC(C)CC1)O2. The summed E-state index contributed by atoms with van der Waals surface area (Å²) < 4.78 is 11.5. The highest BCUT2D eigenvalue weighted by Gasteiger charge is 2.41. The Morgan fingerprint density at radius 1 is 1.30 bits per heavy atom. The third-order valence-corrected chi connectivity index (χ3v) is 4.72. The van der Waals surface area contributed by atoms with E-state index in [-0.39, 0.29) is 11.4 Å². The van der Waals surface area contributed by atoms with E-state index in [0.717, 1.165) is 37.4 Å². The number of ketones is 1. The normalized spacial score (nSPS) is 29.5. The van der Waals surface area contributed by atoms with Gasteiger partial charge in [-0.15, -0.1) is 0 Å². The van der Waals surface area contributed by atoms with Crippen LogP contribution in [0.4, 0.5) is 0 Å². The fraction of sp³-hybridized carbons (Fsp3) is 0.588. The van der Waals surface area contributed by atoms with Crippen LogP contribution in [0.3, 0.4) is 0 Å². The predicted molar refractivity (Wildman–Crippen MR) is 77.5 cm³/mol. The molecule has 3 nitrogen and oxygen atoms in total. The summed E-state index contributed by atoms with van der Waals surface area (Å²) in [6.07, 6.45) is 6.05. The molecule has 1 fully saturated rings. The molecule has 0 aromatic heterocycles. The summed E-state index contributed by atoms with van der Waals surface area (Å²) in [4.78, 5) is 12.5. The van der Waals surface area contributed by atoms with Crippen LogP contribution in [0.2, 0.25) is 0 Å². The fourth-order valence-electron chi connectivity index (χ4n) is 3.43. The van der Waals surface area contributed by atoms with E-state index < -0.39 is 0 Å². The molecule has 0 amide bonds. The first-order valence-corrected chi connectivity index (χ1v) is 7.52. The highest BCUT2D eigenvalue weighted by Crippen LogP contribution is 2.42. The molecular weight excluding hydrogens is 252 g/mol. The number of hydrogen-bond acceptors (Lipinski definition) is 3. The van der Waals surface area contributed by atoms with Gasteiger partial charge in [-0.25, -0.2) is 0 Å². The minimum atomic E-state index is -0.260. The van der Waals surface area contributed by atoms with Crippen molar-refractivity contribution in [3.8, 4) is 11.5 Å². The van der Waals surface area contributed by atoms with Gasteiger partial charge in [-0.1, -0.05) is 13.3 Å². The first-order valence-electron chi connectivity index (χ1n) is 7.52. The van der Waals surface area contributed by atoms with Gasteiger partial charge in [-0.3, -0.25) is 4.79 Å². The largest absolute Gasteiger partial charge is 0.497 e. The monoisotopic (exact) mass is 274 g/mol. The second-order valence-corrected chi connectivity index (χ2v) is 6.28. The van der Waals surface area contributed by atoms with Crippen LogP contribution < -0.4 is 9.47 Å². The number of rotatable bonds is 1. The van der Waals surface area contributed by atoms with Crippen LogP contribution >= 0.6 is 0 Å². The van der Waals surface area contributed by atoms with E-state index in [0.29, 0.717) is 17.7 Å².